The molecule has 0 fully saturated rings. The number of aryl methyl sites for hydroxylation is 1. The molecule has 1 heterocycles. The lowest BCUT2D eigenvalue weighted by atomic mass is 9.64. The van der Waals surface area contributed by atoms with Gasteiger partial charge in [0.05, 0.1) is 28.4 Å². The van der Waals surface area contributed by atoms with Crippen LogP contribution in [0.15, 0.2) is 53.6 Å². The second-order valence-corrected chi connectivity index (χ2v) is 15.2. The predicted octanol–water partition coefficient (Wildman–Crippen LogP) is 12.3. The lowest BCUT2D eigenvalue weighted by molar-refractivity contribution is -0.144. The number of phosphoric ester groups is 1. The first-order valence-electron chi connectivity index (χ1n) is 16.7. The number of hydrogen-bond acceptors (Lipinski definition) is 3. The number of hydrogen-bond donors (Lipinski definition) is 1. The van der Waals surface area contributed by atoms with Crippen molar-refractivity contribution in [1.29, 1.82) is 0 Å². The maximum atomic E-state index is 14.0. The van der Waals surface area contributed by atoms with Gasteiger partial charge in [0.2, 0.25) is 0 Å². The molecular formula is C36H29F12O4P. The Labute approximate surface area is 294 Å². The minimum absolute atomic E-state index is 0.0364. The minimum atomic E-state index is -5.43. The van der Waals surface area contributed by atoms with Crippen LogP contribution in [0.1, 0.15) is 101 Å². The number of benzene rings is 3. The smallest absolute Gasteiger partial charge is 0.403 e. The minimum Gasteiger partial charge on any atom is -0.403 e. The Kier molecular flexibility index (Phi) is 9.13. The average molecular weight is 785 g/mol. The largest absolute Gasteiger partial charge is 0.527 e. The fraction of sp³-hybridized carbons (Fsp3) is 0.444. The van der Waals surface area contributed by atoms with Gasteiger partial charge in [-0.15, -0.1) is 0 Å². The highest BCUT2D eigenvalue weighted by Crippen LogP contribution is 2.64. The van der Waals surface area contributed by atoms with E-state index in [2.05, 4.69) is 0 Å². The van der Waals surface area contributed by atoms with Gasteiger partial charge in [-0.05, 0) is 123 Å². The van der Waals surface area contributed by atoms with Crippen LogP contribution in [0.4, 0.5) is 52.7 Å². The molecule has 3 aliphatic carbocycles. The number of phosphoric acid groups is 1. The maximum Gasteiger partial charge on any atom is 0.527 e. The third-order valence-electron chi connectivity index (χ3n) is 10.5. The molecule has 4 atom stereocenters. The van der Waals surface area contributed by atoms with Gasteiger partial charge in [-0.2, -0.15) is 52.7 Å². The van der Waals surface area contributed by atoms with Gasteiger partial charge in [-0.25, -0.2) is 4.57 Å². The van der Waals surface area contributed by atoms with Crippen molar-refractivity contribution in [2.75, 3.05) is 0 Å². The van der Waals surface area contributed by atoms with Gasteiger partial charge in [0.1, 0.15) is 5.75 Å². The molecular weight excluding hydrogens is 755 g/mol. The van der Waals surface area contributed by atoms with Crippen LogP contribution in [0.5, 0.6) is 5.75 Å². The van der Waals surface area contributed by atoms with E-state index in [0.717, 1.165) is 0 Å². The summed E-state index contributed by atoms with van der Waals surface area (Å²) in [7, 11) is -5.43. The summed E-state index contributed by atoms with van der Waals surface area (Å²) in [6.07, 6.45) is -18.9. The molecule has 1 N–H and O–H groups in total. The zero-order valence-electron chi connectivity index (χ0n) is 27.3. The van der Waals surface area contributed by atoms with Gasteiger partial charge >= 0.3 is 32.5 Å². The topological polar surface area (TPSA) is 55.8 Å². The molecule has 3 aromatic carbocycles. The van der Waals surface area contributed by atoms with Gasteiger partial charge in [-0.3, -0.25) is 9.42 Å². The molecule has 0 spiro atoms. The Morgan fingerprint density at radius 3 is 1.72 bits per heavy atom. The van der Waals surface area contributed by atoms with Gasteiger partial charge in [0.25, 0.3) is 0 Å². The Morgan fingerprint density at radius 2 is 1.15 bits per heavy atom. The summed E-state index contributed by atoms with van der Waals surface area (Å²) >= 11 is 0. The van der Waals surface area contributed by atoms with Crippen molar-refractivity contribution in [3.05, 3.63) is 98.1 Å². The summed E-state index contributed by atoms with van der Waals surface area (Å²) in [5.41, 5.74) is -5.52. The van der Waals surface area contributed by atoms with Crippen LogP contribution < -0.4 is 4.52 Å². The lowest BCUT2D eigenvalue weighted by Crippen LogP contribution is -2.35. The second-order valence-electron chi connectivity index (χ2n) is 13.9. The summed E-state index contributed by atoms with van der Waals surface area (Å²) in [6, 6.07) is 3.23. The third-order valence-corrected chi connectivity index (χ3v) is 11.5. The van der Waals surface area contributed by atoms with Gasteiger partial charge in [0.15, 0.2) is 0 Å². The number of allylic oxidation sites excluding steroid dienone is 1. The Morgan fingerprint density at radius 1 is 0.642 bits per heavy atom. The number of rotatable bonds is 2. The number of fused-ring (bicyclic) bond motifs is 6. The number of alkyl halides is 12. The Balaban J connectivity index is 1.53. The number of halogens is 12. The van der Waals surface area contributed by atoms with Crippen molar-refractivity contribution in [1.82, 2.24) is 0 Å². The molecule has 1 aliphatic heterocycles. The first kappa shape index (κ1) is 37.8. The second kappa shape index (κ2) is 12.8. The molecule has 286 valence electrons. The van der Waals surface area contributed by atoms with E-state index in [1.165, 1.54) is 6.07 Å². The molecule has 53 heavy (non-hydrogen) atoms. The third kappa shape index (κ3) is 7.23. The van der Waals surface area contributed by atoms with E-state index < -0.39 is 89.6 Å². The molecule has 0 radical (unpaired) electrons. The van der Waals surface area contributed by atoms with E-state index in [-0.39, 0.29) is 29.7 Å². The zero-order valence-corrected chi connectivity index (χ0v) is 28.2. The molecule has 0 saturated heterocycles. The molecule has 0 aromatic heterocycles. The van der Waals surface area contributed by atoms with Crippen molar-refractivity contribution in [3.63, 3.8) is 0 Å². The molecule has 0 saturated carbocycles. The van der Waals surface area contributed by atoms with Crippen molar-refractivity contribution in [2.45, 2.75) is 100 Å². The Hall–Kier alpha value is -3.49. The summed E-state index contributed by atoms with van der Waals surface area (Å²) in [5.74, 6) is -3.04. The first-order chi connectivity index (χ1) is 24.5. The quantitative estimate of drug-likeness (QED) is 0.160. The molecule has 3 aromatic rings. The molecule has 0 bridgehead atoms. The van der Waals surface area contributed by atoms with E-state index in [0.29, 0.717) is 97.9 Å². The van der Waals surface area contributed by atoms with E-state index in [4.69, 9.17) is 9.05 Å². The normalized spacial score (nSPS) is 25.1. The zero-order chi connectivity index (χ0) is 38.5. The Bertz CT molecular complexity index is 1980. The van der Waals surface area contributed by atoms with Gasteiger partial charge in [-0.1, -0.05) is 11.1 Å². The van der Waals surface area contributed by atoms with E-state index in [1.807, 2.05) is 0 Å². The fourth-order valence-corrected chi connectivity index (χ4v) is 9.39. The van der Waals surface area contributed by atoms with Crippen LogP contribution in [0.3, 0.4) is 0 Å². The standard InChI is InChI=1S/C36H29F12O4P/c37-33(38,39)21-9-19(10-22(15-21)34(40,41)42)27-13-17-5-1-3-7-25(17)29-30-26-8-4-2-6-18(26)14-28(32(30)52-53(49,50)51-31(27)29)20-11-23(35(43,44)45)16-24(12-20)36(46,47)48/h9-13,15-16,28,30,32H,1-8,14H2,(H,49,50)/t28?,30-,32-/m1/s1. The van der Waals surface area contributed by atoms with E-state index >= 15 is 0 Å². The highest BCUT2D eigenvalue weighted by Gasteiger charge is 2.51. The first-order valence-corrected chi connectivity index (χ1v) is 18.2. The van der Waals surface area contributed by atoms with Gasteiger partial charge < -0.3 is 4.52 Å². The summed E-state index contributed by atoms with van der Waals surface area (Å²) in [5, 5.41) is 0. The van der Waals surface area contributed by atoms with E-state index in [1.54, 1.807) is 0 Å². The fourth-order valence-electron chi connectivity index (χ4n) is 8.35. The highest BCUT2D eigenvalue weighted by molar-refractivity contribution is 7.47. The molecule has 2 unspecified atom stereocenters. The monoisotopic (exact) mass is 784 g/mol. The van der Waals surface area contributed by atoms with Crippen LogP contribution in [-0.2, 0) is 46.6 Å². The SMILES string of the molecule is O=P1(O)Oc2c(-c3cc(C(F)(F)F)cc(C(F)(F)F)c3)cc3c(c2[C@H]2C4=C(CCCC4)CC(c4cc(C(F)(F)F)cc(C(F)(F)F)c4)[C@H]2O1)CCCC3. The van der Waals surface area contributed by atoms with Crippen molar-refractivity contribution < 1.29 is 71.2 Å². The summed E-state index contributed by atoms with van der Waals surface area (Å²) < 4.78 is 193. The van der Waals surface area contributed by atoms with Crippen LogP contribution >= 0.6 is 7.82 Å². The van der Waals surface area contributed by atoms with Crippen LogP contribution in [0.25, 0.3) is 11.1 Å². The average Bonchev–Trinajstić information content (AvgIpc) is 3.18. The molecule has 4 aliphatic rings. The predicted molar refractivity (Wildman–Crippen MR) is 166 cm³/mol. The highest BCUT2D eigenvalue weighted by atomic mass is 31.2. The maximum absolute atomic E-state index is 14.0. The van der Waals surface area contributed by atoms with Gasteiger partial charge in [0, 0.05) is 23.0 Å². The van der Waals surface area contributed by atoms with Crippen LogP contribution in [0, 0.1) is 0 Å². The van der Waals surface area contributed by atoms with Crippen molar-refractivity contribution >= 4 is 7.82 Å². The molecule has 4 nitrogen and oxygen atoms in total. The van der Waals surface area contributed by atoms with Crippen LogP contribution in [-0.4, -0.2) is 11.0 Å². The molecule has 7 rings (SSSR count). The molecule has 0 amide bonds. The summed E-state index contributed by atoms with van der Waals surface area (Å²) in [6.45, 7) is 0. The molecule has 17 heteroatoms. The summed E-state index contributed by atoms with van der Waals surface area (Å²) in [4.78, 5) is 11.2. The van der Waals surface area contributed by atoms with Crippen molar-refractivity contribution in [3.8, 4) is 16.9 Å². The van der Waals surface area contributed by atoms with Crippen LogP contribution in [0.2, 0.25) is 0 Å². The van der Waals surface area contributed by atoms with Crippen molar-refractivity contribution in [2.24, 2.45) is 0 Å². The van der Waals surface area contributed by atoms with E-state index in [9.17, 15) is 62.1 Å². The lowest BCUT2D eigenvalue weighted by Gasteiger charge is -2.43.